The third kappa shape index (κ3) is 3.33. The highest BCUT2D eigenvalue weighted by Crippen LogP contribution is 2.57. The molecule has 3 atom stereocenters. The van der Waals surface area contributed by atoms with E-state index in [9.17, 15) is 0 Å². The molecule has 6 heteroatoms. The first-order chi connectivity index (χ1) is 14.6. The topological polar surface area (TPSA) is 86.1 Å². The first-order valence-electron chi connectivity index (χ1n) is 11.1. The number of nitrogens with zero attached hydrogens (tertiary/aromatic N) is 2. The average molecular weight is 421 g/mol. The van der Waals surface area contributed by atoms with Crippen molar-refractivity contribution in [1.29, 1.82) is 0 Å². The van der Waals surface area contributed by atoms with E-state index in [-0.39, 0.29) is 11.0 Å². The van der Waals surface area contributed by atoms with Crippen LogP contribution in [0.5, 0.6) is 5.75 Å². The van der Waals surface area contributed by atoms with Gasteiger partial charge in [-0.25, -0.2) is 14.9 Å². The molecule has 0 aromatic heterocycles. The van der Waals surface area contributed by atoms with Crippen molar-refractivity contribution in [3.63, 3.8) is 0 Å². The van der Waals surface area contributed by atoms with Crippen molar-refractivity contribution in [2.45, 2.75) is 57.8 Å². The third-order valence-electron chi connectivity index (χ3n) is 7.21. The normalized spacial score (nSPS) is 29.9. The van der Waals surface area contributed by atoms with Crippen LogP contribution in [-0.4, -0.2) is 23.7 Å². The summed E-state index contributed by atoms with van der Waals surface area (Å²) in [7, 11) is 1.81. The Balaban J connectivity index is 1.60. The molecule has 2 aliphatic heterocycles. The van der Waals surface area contributed by atoms with Gasteiger partial charge in [-0.1, -0.05) is 39.0 Å². The molecule has 2 aromatic carbocycles. The largest absolute Gasteiger partial charge is 0.487 e. The highest BCUT2D eigenvalue weighted by molar-refractivity contribution is 5.79. The Labute approximate surface area is 184 Å². The van der Waals surface area contributed by atoms with E-state index >= 15 is 0 Å². The van der Waals surface area contributed by atoms with Crippen LogP contribution in [-0.2, 0) is 10.6 Å². The minimum atomic E-state index is -0.866. The molecule has 4 N–H and O–H groups in total. The van der Waals surface area contributed by atoms with Crippen LogP contribution < -0.4 is 16.2 Å². The monoisotopic (exact) mass is 420 g/mol. The number of rotatable bonds is 1. The maximum atomic E-state index is 6.74. The Kier molecular flexibility index (Phi) is 4.32. The molecule has 3 aliphatic rings. The SMILES string of the molecule is CN1O[C@@]2(C[C@@]3(CCC(C(C)(C)C)C3)Oc3ccc(-c4cccc(N)c4)cc32)N=C1N. The van der Waals surface area contributed by atoms with E-state index in [0.29, 0.717) is 18.3 Å². The number of hydrogen-bond donors (Lipinski definition) is 2. The van der Waals surface area contributed by atoms with Gasteiger partial charge in [-0.2, -0.15) is 0 Å². The second kappa shape index (κ2) is 6.63. The molecule has 0 amide bonds. The van der Waals surface area contributed by atoms with Crippen molar-refractivity contribution in [2.24, 2.45) is 22.1 Å². The van der Waals surface area contributed by atoms with Gasteiger partial charge in [0.1, 0.15) is 11.4 Å². The second-order valence-electron chi connectivity index (χ2n) is 10.4. The fourth-order valence-corrected chi connectivity index (χ4v) is 5.44. The van der Waals surface area contributed by atoms with Crippen LogP contribution in [0.25, 0.3) is 11.1 Å². The molecule has 0 saturated heterocycles. The zero-order valence-corrected chi connectivity index (χ0v) is 18.8. The van der Waals surface area contributed by atoms with Gasteiger partial charge in [0.25, 0.3) is 0 Å². The molecule has 0 radical (unpaired) electrons. The van der Waals surface area contributed by atoms with Crippen LogP contribution >= 0.6 is 0 Å². The number of benzene rings is 2. The van der Waals surface area contributed by atoms with Crippen LogP contribution in [0.15, 0.2) is 47.5 Å². The van der Waals surface area contributed by atoms with Gasteiger partial charge in [0.15, 0.2) is 0 Å². The first-order valence-corrected chi connectivity index (χ1v) is 11.1. The second-order valence-corrected chi connectivity index (χ2v) is 10.4. The Morgan fingerprint density at radius 2 is 1.87 bits per heavy atom. The lowest BCUT2D eigenvalue weighted by molar-refractivity contribution is -0.204. The number of hydroxylamine groups is 2. The first kappa shape index (κ1) is 20.2. The summed E-state index contributed by atoms with van der Waals surface area (Å²) in [6.45, 7) is 6.95. The van der Waals surface area contributed by atoms with E-state index in [1.54, 1.807) is 5.06 Å². The van der Waals surface area contributed by atoms with E-state index in [2.05, 4.69) is 39.0 Å². The fraction of sp³-hybridized carbons (Fsp3) is 0.480. The van der Waals surface area contributed by atoms with Crippen molar-refractivity contribution in [2.75, 3.05) is 12.8 Å². The van der Waals surface area contributed by atoms with E-state index in [0.717, 1.165) is 47.4 Å². The summed E-state index contributed by atoms with van der Waals surface area (Å²) in [4.78, 5) is 11.2. The maximum Gasteiger partial charge on any atom is 0.222 e. The lowest BCUT2D eigenvalue weighted by Crippen LogP contribution is -2.47. The number of nitrogen functional groups attached to an aromatic ring is 1. The fourth-order valence-electron chi connectivity index (χ4n) is 5.44. The standard InChI is InChI=1S/C25H32N4O2/c1-23(2,3)18-10-11-24(14-18)15-25(28-22(27)29(4)31-25)20-13-17(8-9-21(20)30-24)16-6-5-7-19(26)12-16/h5-9,12-13,18H,10-11,14-15,26H2,1-4H3,(H2,27,28)/t18?,24-,25+/m0/s1. The van der Waals surface area contributed by atoms with E-state index in [1.165, 1.54) is 0 Å². The minimum absolute atomic E-state index is 0.243. The number of nitrogens with two attached hydrogens (primary N) is 2. The third-order valence-corrected chi connectivity index (χ3v) is 7.21. The quantitative estimate of drug-likeness (QED) is 0.656. The van der Waals surface area contributed by atoms with Crippen molar-refractivity contribution in [3.05, 3.63) is 48.0 Å². The Morgan fingerprint density at radius 1 is 1.10 bits per heavy atom. The summed E-state index contributed by atoms with van der Waals surface area (Å²) in [5.74, 6) is 1.82. The highest BCUT2D eigenvalue weighted by Gasteiger charge is 2.57. The molecule has 1 saturated carbocycles. The van der Waals surface area contributed by atoms with Gasteiger partial charge >= 0.3 is 0 Å². The number of ether oxygens (including phenoxy) is 1. The summed E-state index contributed by atoms with van der Waals surface area (Å²) in [6.07, 6.45) is 3.79. The number of hydrogen-bond acceptors (Lipinski definition) is 6. The van der Waals surface area contributed by atoms with Crippen LogP contribution in [0.2, 0.25) is 0 Å². The summed E-state index contributed by atoms with van der Waals surface area (Å²) in [6, 6.07) is 14.1. The highest BCUT2D eigenvalue weighted by atomic mass is 16.7. The van der Waals surface area contributed by atoms with Gasteiger partial charge in [-0.05, 0) is 66.0 Å². The summed E-state index contributed by atoms with van der Waals surface area (Å²) < 4.78 is 6.74. The number of anilines is 1. The van der Waals surface area contributed by atoms with Gasteiger partial charge < -0.3 is 16.2 Å². The summed E-state index contributed by atoms with van der Waals surface area (Å²) in [5, 5.41) is 1.58. The van der Waals surface area contributed by atoms with E-state index < -0.39 is 5.72 Å². The molecule has 2 aromatic rings. The molecule has 5 rings (SSSR count). The van der Waals surface area contributed by atoms with Gasteiger partial charge in [0.05, 0.1) is 5.56 Å². The average Bonchev–Trinajstić information content (AvgIpc) is 3.22. The van der Waals surface area contributed by atoms with Crippen molar-refractivity contribution in [3.8, 4) is 16.9 Å². The number of fused-ring (bicyclic) bond motifs is 2. The Morgan fingerprint density at radius 3 is 2.52 bits per heavy atom. The van der Waals surface area contributed by atoms with Crippen LogP contribution in [0.4, 0.5) is 5.69 Å². The number of aliphatic imine (C=N–C) groups is 1. The number of guanidine groups is 1. The van der Waals surface area contributed by atoms with Gasteiger partial charge in [-0.15, -0.1) is 0 Å². The van der Waals surface area contributed by atoms with E-state index in [4.69, 9.17) is 26.0 Å². The maximum absolute atomic E-state index is 6.74. The molecular weight excluding hydrogens is 388 g/mol. The molecular formula is C25H32N4O2. The predicted octanol–water partition coefficient (Wildman–Crippen LogP) is 4.65. The zero-order valence-electron chi connectivity index (χ0n) is 18.8. The molecule has 164 valence electrons. The lowest BCUT2D eigenvalue weighted by Gasteiger charge is -2.44. The predicted molar refractivity (Wildman–Crippen MR) is 123 cm³/mol. The Hall–Kier alpha value is -2.73. The summed E-state index contributed by atoms with van der Waals surface area (Å²) >= 11 is 0. The molecule has 31 heavy (non-hydrogen) atoms. The molecule has 0 bridgehead atoms. The molecule has 1 unspecified atom stereocenters. The molecule has 2 heterocycles. The van der Waals surface area contributed by atoms with Gasteiger partial charge in [0.2, 0.25) is 11.7 Å². The van der Waals surface area contributed by atoms with Crippen LogP contribution in [0, 0.1) is 11.3 Å². The van der Waals surface area contributed by atoms with Crippen molar-refractivity contribution in [1.82, 2.24) is 5.06 Å². The molecule has 1 fully saturated rings. The van der Waals surface area contributed by atoms with Gasteiger partial charge in [0, 0.05) is 19.2 Å². The van der Waals surface area contributed by atoms with E-state index in [1.807, 2.05) is 31.3 Å². The van der Waals surface area contributed by atoms with Crippen molar-refractivity contribution >= 4 is 11.6 Å². The van der Waals surface area contributed by atoms with Gasteiger partial charge in [-0.3, -0.25) is 0 Å². The lowest BCUT2D eigenvalue weighted by atomic mass is 9.77. The summed E-state index contributed by atoms with van der Waals surface area (Å²) in [5.41, 5.74) is 15.0. The smallest absolute Gasteiger partial charge is 0.222 e. The van der Waals surface area contributed by atoms with Crippen molar-refractivity contribution < 1.29 is 9.57 Å². The molecule has 2 spiro atoms. The Bertz CT molecular complexity index is 1060. The minimum Gasteiger partial charge on any atom is -0.487 e. The van der Waals surface area contributed by atoms with Crippen LogP contribution in [0.3, 0.4) is 0 Å². The molecule has 1 aliphatic carbocycles. The zero-order chi connectivity index (χ0) is 22.0. The van der Waals surface area contributed by atoms with Crippen LogP contribution in [0.1, 0.15) is 52.0 Å². The molecule has 6 nitrogen and oxygen atoms in total.